The van der Waals surface area contributed by atoms with Crippen molar-refractivity contribution in [2.75, 3.05) is 12.4 Å². The van der Waals surface area contributed by atoms with Crippen LogP contribution in [0.3, 0.4) is 0 Å². The first-order chi connectivity index (χ1) is 11.3. The molecular formula is C16H14FN3O2S. The van der Waals surface area contributed by atoms with Crippen LogP contribution in [0.2, 0.25) is 0 Å². The molecule has 0 aliphatic rings. The number of nitrogens with zero attached hydrogens (tertiary/aromatic N) is 3. The van der Waals surface area contributed by atoms with E-state index < -0.39 is 0 Å². The van der Waals surface area contributed by atoms with Gasteiger partial charge in [0.2, 0.25) is 5.89 Å². The second kappa shape index (κ2) is 7.73. The van der Waals surface area contributed by atoms with Crippen molar-refractivity contribution in [3.63, 3.8) is 0 Å². The Morgan fingerprint density at radius 2 is 1.83 bits per heavy atom. The Balaban J connectivity index is 1.41. The molecule has 0 spiro atoms. The van der Waals surface area contributed by atoms with E-state index in [-0.39, 0.29) is 5.82 Å². The minimum atomic E-state index is -0.269. The molecule has 118 valence electrons. The topological polar surface area (TPSA) is 61.0 Å². The summed E-state index contributed by atoms with van der Waals surface area (Å²) in [6.45, 7) is 0.546. The number of rotatable bonds is 7. The third kappa shape index (κ3) is 4.53. The molecule has 7 heteroatoms. The number of pyridine rings is 1. The van der Waals surface area contributed by atoms with Gasteiger partial charge in [-0.05, 0) is 42.8 Å². The Morgan fingerprint density at radius 1 is 1.04 bits per heavy atom. The third-order valence-corrected chi connectivity index (χ3v) is 3.84. The Labute approximate surface area is 136 Å². The molecule has 0 aliphatic carbocycles. The largest absolute Gasteiger partial charge is 0.494 e. The molecule has 0 amide bonds. The van der Waals surface area contributed by atoms with Crippen LogP contribution >= 0.6 is 11.8 Å². The summed E-state index contributed by atoms with van der Waals surface area (Å²) in [4.78, 5) is 3.95. The first-order valence-electron chi connectivity index (χ1n) is 7.06. The van der Waals surface area contributed by atoms with Gasteiger partial charge in [-0.2, -0.15) is 0 Å². The van der Waals surface area contributed by atoms with Crippen molar-refractivity contribution < 1.29 is 13.5 Å². The maximum absolute atomic E-state index is 12.8. The maximum atomic E-state index is 12.8. The number of thioether (sulfide) groups is 1. The van der Waals surface area contributed by atoms with Gasteiger partial charge in [0.15, 0.2) is 0 Å². The van der Waals surface area contributed by atoms with E-state index in [4.69, 9.17) is 9.15 Å². The fraction of sp³-hybridized carbons (Fsp3) is 0.188. The molecule has 23 heavy (non-hydrogen) atoms. The molecule has 0 atom stereocenters. The van der Waals surface area contributed by atoms with Gasteiger partial charge in [-0.15, -0.1) is 10.2 Å². The summed E-state index contributed by atoms with van der Waals surface area (Å²) < 4.78 is 23.9. The maximum Gasteiger partial charge on any atom is 0.276 e. The Kier molecular flexibility index (Phi) is 5.21. The molecule has 5 nitrogen and oxygen atoms in total. The highest BCUT2D eigenvalue weighted by Crippen LogP contribution is 2.23. The summed E-state index contributed by atoms with van der Waals surface area (Å²) in [5.74, 6) is 1.67. The van der Waals surface area contributed by atoms with Crippen LogP contribution < -0.4 is 4.74 Å². The van der Waals surface area contributed by atoms with Gasteiger partial charge in [-0.3, -0.25) is 4.98 Å². The van der Waals surface area contributed by atoms with Gasteiger partial charge in [0.25, 0.3) is 5.22 Å². The second-order valence-electron chi connectivity index (χ2n) is 4.61. The average Bonchev–Trinajstić information content (AvgIpc) is 3.06. The number of halogens is 1. The summed E-state index contributed by atoms with van der Waals surface area (Å²) in [7, 11) is 0. The third-order valence-electron chi connectivity index (χ3n) is 2.93. The van der Waals surface area contributed by atoms with Crippen molar-refractivity contribution in [1.82, 2.24) is 15.2 Å². The van der Waals surface area contributed by atoms with Crippen LogP contribution in [0.5, 0.6) is 5.75 Å². The van der Waals surface area contributed by atoms with E-state index in [2.05, 4.69) is 15.2 Å². The van der Waals surface area contributed by atoms with Crippen LogP contribution in [0.15, 0.2) is 58.4 Å². The highest BCUT2D eigenvalue weighted by molar-refractivity contribution is 7.99. The van der Waals surface area contributed by atoms with Gasteiger partial charge in [0.1, 0.15) is 11.6 Å². The van der Waals surface area contributed by atoms with Gasteiger partial charge < -0.3 is 9.15 Å². The van der Waals surface area contributed by atoms with Gasteiger partial charge >= 0.3 is 0 Å². The smallest absolute Gasteiger partial charge is 0.276 e. The first-order valence-corrected chi connectivity index (χ1v) is 8.05. The lowest BCUT2D eigenvalue weighted by atomic mass is 10.3. The molecule has 2 heterocycles. The molecule has 0 fully saturated rings. The van der Waals surface area contributed by atoms with Crippen molar-refractivity contribution >= 4 is 11.8 Å². The van der Waals surface area contributed by atoms with Crippen molar-refractivity contribution in [3.05, 3.63) is 54.6 Å². The van der Waals surface area contributed by atoms with Gasteiger partial charge in [0, 0.05) is 23.7 Å². The van der Waals surface area contributed by atoms with Crippen LogP contribution in [0, 0.1) is 5.82 Å². The van der Waals surface area contributed by atoms with Crippen LogP contribution in [-0.2, 0) is 0 Å². The fourth-order valence-corrected chi connectivity index (χ4v) is 2.49. The summed E-state index contributed by atoms with van der Waals surface area (Å²) in [6, 6.07) is 9.62. The quantitative estimate of drug-likeness (QED) is 0.484. The van der Waals surface area contributed by atoms with E-state index in [1.54, 1.807) is 24.5 Å². The number of benzene rings is 1. The van der Waals surface area contributed by atoms with E-state index in [9.17, 15) is 4.39 Å². The monoisotopic (exact) mass is 331 g/mol. The van der Waals surface area contributed by atoms with Crippen LogP contribution in [0.1, 0.15) is 6.42 Å². The molecule has 0 saturated carbocycles. The molecule has 0 N–H and O–H groups in total. The van der Waals surface area contributed by atoms with Crippen LogP contribution in [0.25, 0.3) is 11.5 Å². The van der Waals surface area contributed by atoms with Gasteiger partial charge in [-0.1, -0.05) is 11.8 Å². The Morgan fingerprint density at radius 3 is 2.61 bits per heavy atom. The zero-order chi connectivity index (χ0) is 15.9. The molecule has 0 bridgehead atoms. The van der Waals surface area contributed by atoms with Crippen LogP contribution in [0.4, 0.5) is 4.39 Å². The Hall–Kier alpha value is -2.41. The van der Waals surface area contributed by atoms with Crippen molar-refractivity contribution in [2.24, 2.45) is 0 Å². The summed E-state index contributed by atoms with van der Waals surface area (Å²) in [5.41, 5.74) is 0.846. The molecule has 0 saturated heterocycles. The predicted octanol–water partition coefficient (Wildman–Crippen LogP) is 3.83. The Bertz CT molecular complexity index is 735. The van der Waals surface area contributed by atoms with E-state index in [1.165, 1.54) is 23.9 Å². The fourth-order valence-electron chi connectivity index (χ4n) is 1.82. The summed E-state index contributed by atoms with van der Waals surface area (Å²) in [6.07, 6.45) is 4.17. The molecule has 0 radical (unpaired) electrons. The first kappa shape index (κ1) is 15.5. The van der Waals surface area contributed by atoms with E-state index >= 15 is 0 Å². The van der Waals surface area contributed by atoms with Crippen molar-refractivity contribution in [3.8, 4) is 17.2 Å². The summed E-state index contributed by atoms with van der Waals surface area (Å²) >= 11 is 1.48. The van der Waals surface area contributed by atoms with Gasteiger partial charge in [-0.25, -0.2) is 4.39 Å². The SMILES string of the molecule is Fc1ccc(OCCCSc2nnc(-c3ccncc3)o2)cc1. The van der Waals surface area contributed by atoms with E-state index in [1.807, 2.05) is 12.1 Å². The minimum Gasteiger partial charge on any atom is -0.494 e. The number of ether oxygens (including phenoxy) is 1. The van der Waals surface area contributed by atoms with Crippen LogP contribution in [-0.4, -0.2) is 27.5 Å². The van der Waals surface area contributed by atoms with Crippen molar-refractivity contribution in [2.45, 2.75) is 11.6 Å². The zero-order valence-electron chi connectivity index (χ0n) is 12.2. The molecule has 0 aliphatic heterocycles. The number of aromatic nitrogens is 3. The lowest BCUT2D eigenvalue weighted by molar-refractivity contribution is 0.318. The van der Waals surface area contributed by atoms with E-state index in [0.29, 0.717) is 23.5 Å². The number of hydrogen-bond donors (Lipinski definition) is 0. The molecule has 3 aromatic rings. The lowest BCUT2D eigenvalue weighted by Gasteiger charge is -2.04. The van der Waals surface area contributed by atoms with Gasteiger partial charge in [0.05, 0.1) is 6.61 Å². The summed E-state index contributed by atoms with van der Waals surface area (Å²) in [5, 5.41) is 8.54. The van der Waals surface area contributed by atoms with Crippen molar-refractivity contribution in [1.29, 1.82) is 0 Å². The number of hydrogen-bond acceptors (Lipinski definition) is 6. The molecule has 2 aromatic heterocycles. The second-order valence-corrected chi connectivity index (χ2v) is 5.66. The molecule has 3 rings (SSSR count). The molecule has 0 unspecified atom stereocenters. The highest BCUT2D eigenvalue weighted by Gasteiger charge is 2.08. The standard InChI is InChI=1S/C16H14FN3O2S/c17-13-2-4-14(5-3-13)21-10-1-11-23-16-20-19-15(22-16)12-6-8-18-9-7-12/h2-9H,1,10-11H2. The molecular weight excluding hydrogens is 317 g/mol. The highest BCUT2D eigenvalue weighted by atomic mass is 32.2. The van der Waals surface area contributed by atoms with E-state index in [0.717, 1.165) is 17.7 Å². The normalized spacial score (nSPS) is 10.7. The predicted molar refractivity (Wildman–Crippen MR) is 84.8 cm³/mol. The average molecular weight is 331 g/mol. The zero-order valence-corrected chi connectivity index (χ0v) is 13.0. The molecule has 1 aromatic carbocycles. The lowest BCUT2D eigenvalue weighted by Crippen LogP contribution is -1.98. The minimum absolute atomic E-state index is 0.269.